The van der Waals surface area contributed by atoms with Gasteiger partial charge in [0.15, 0.2) is 0 Å². The van der Waals surface area contributed by atoms with Gasteiger partial charge in [-0.1, -0.05) is 76.1 Å². The molecule has 252 valence electrons. The van der Waals surface area contributed by atoms with Crippen molar-refractivity contribution >= 4 is 23.7 Å². The molecule has 3 heterocycles. The lowest BCUT2D eigenvalue weighted by Crippen LogP contribution is -2.59. The largest absolute Gasteiger partial charge is 0.455 e. The molecule has 0 radical (unpaired) electrons. The fraction of sp³-hybridized carbons (Fsp3) is 0.611. The van der Waals surface area contributed by atoms with Gasteiger partial charge in [0.05, 0.1) is 37.1 Å². The van der Waals surface area contributed by atoms with Gasteiger partial charge >= 0.3 is 5.97 Å². The molecule has 3 fully saturated rings. The molecule has 0 saturated carbocycles. The molecule has 2 bridgehead atoms. The minimum absolute atomic E-state index is 0.0650. The highest BCUT2D eigenvalue weighted by Crippen LogP contribution is 2.59. The van der Waals surface area contributed by atoms with E-state index >= 15 is 0 Å². The first-order valence-corrected chi connectivity index (χ1v) is 16.8. The molecule has 3 amide bonds. The van der Waals surface area contributed by atoms with Gasteiger partial charge in [-0.3, -0.25) is 19.2 Å². The topological polar surface area (TPSA) is 125 Å². The Bertz CT molecular complexity index is 1260. The monoisotopic (exact) mass is 637 g/mol. The number of ether oxygens (including phenoxy) is 2. The summed E-state index contributed by atoms with van der Waals surface area (Å²) in [6.07, 6.45) is 6.07. The van der Waals surface area contributed by atoms with Crippen LogP contribution in [0.5, 0.6) is 0 Å². The van der Waals surface area contributed by atoms with Crippen molar-refractivity contribution in [2.75, 3.05) is 26.2 Å². The zero-order chi connectivity index (χ0) is 33.4. The molecule has 0 aliphatic carbocycles. The van der Waals surface area contributed by atoms with Crippen molar-refractivity contribution in [3.05, 3.63) is 61.2 Å². The van der Waals surface area contributed by atoms with E-state index in [0.29, 0.717) is 44.3 Å². The van der Waals surface area contributed by atoms with Crippen molar-refractivity contribution in [2.24, 2.45) is 17.8 Å². The van der Waals surface area contributed by atoms with E-state index in [1.54, 1.807) is 22.0 Å². The van der Waals surface area contributed by atoms with Crippen LogP contribution < -0.4 is 5.32 Å². The molecular weight excluding hydrogens is 586 g/mol. The summed E-state index contributed by atoms with van der Waals surface area (Å²) in [4.78, 5) is 58.9. The summed E-state index contributed by atoms with van der Waals surface area (Å²) in [6, 6.07) is 7.56. The third-order valence-electron chi connectivity index (χ3n) is 10.0. The quantitative estimate of drug-likeness (QED) is 0.185. The van der Waals surface area contributed by atoms with Crippen molar-refractivity contribution < 1.29 is 33.8 Å². The number of allylic oxidation sites excluding steroid dienone is 1. The second-order valence-corrected chi connectivity index (χ2v) is 12.8. The Balaban J connectivity index is 1.68. The second-order valence-electron chi connectivity index (χ2n) is 12.8. The smallest absolute Gasteiger partial charge is 0.313 e. The van der Waals surface area contributed by atoms with Crippen LogP contribution in [-0.2, 0) is 28.7 Å². The summed E-state index contributed by atoms with van der Waals surface area (Å²) in [6.45, 7) is 14.1. The lowest BCUT2D eigenvalue weighted by Gasteiger charge is -2.41. The van der Waals surface area contributed by atoms with Gasteiger partial charge in [0, 0.05) is 19.5 Å². The predicted octanol–water partition coefficient (Wildman–Crippen LogP) is 3.95. The van der Waals surface area contributed by atoms with Crippen LogP contribution >= 0.6 is 0 Å². The van der Waals surface area contributed by atoms with E-state index in [-0.39, 0.29) is 43.2 Å². The molecule has 10 nitrogen and oxygen atoms in total. The third-order valence-corrected chi connectivity index (χ3v) is 10.0. The Morgan fingerprint density at radius 2 is 1.96 bits per heavy atom. The Labute approximate surface area is 273 Å². The minimum Gasteiger partial charge on any atom is -0.455 e. The molecule has 1 spiro atoms. The highest BCUT2D eigenvalue weighted by molar-refractivity contribution is 5.98. The predicted molar refractivity (Wildman–Crippen MR) is 174 cm³/mol. The lowest BCUT2D eigenvalue weighted by atomic mass is 9.70. The number of fused-ring (bicyclic) bond motifs is 1. The summed E-state index contributed by atoms with van der Waals surface area (Å²) in [7, 11) is 0. The number of rotatable bonds is 18. The molecule has 0 unspecified atom stereocenters. The standard InChI is InChI=1S/C36H51N3O7/c1-6-10-17-29(41)37-22-28(25-15-13-12-14-16-25)45-35(44)30-27-18-19-36(46-27)31(30)33(42)39(26(23-40)24(5)9-4)32(36)34(43)38(20-8-3)21-11-7-2/h6,8,12-16,24,26-28,30-32,40H,1,3,7,9-11,17-23H2,2,4-5H3,(H,37,41)/t24-,26-,27-,28+,30+,31+,32-,36+/m0/s1. The van der Waals surface area contributed by atoms with E-state index in [1.165, 1.54) is 0 Å². The summed E-state index contributed by atoms with van der Waals surface area (Å²) in [5.74, 6) is -3.34. The maximum atomic E-state index is 14.6. The van der Waals surface area contributed by atoms with Crippen LogP contribution in [0.25, 0.3) is 0 Å². The van der Waals surface area contributed by atoms with Crippen molar-refractivity contribution in [3.8, 4) is 0 Å². The maximum Gasteiger partial charge on any atom is 0.313 e. The van der Waals surface area contributed by atoms with E-state index in [1.807, 2.05) is 44.2 Å². The molecule has 0 aromatic heterocycles. The number of amides is 3. The number of nitrogens with one attached hydrogen (secondary N) is 1. The Kier molecular flexibility index (Phi) is 12.2. The highest BCUT2D eigenvalue weighted by Gasteiger charge is 2.75. The first kappa shape index (κ1) is 35.4. The molecule has 3 saturated heterocycles. The number of aliphatic hydroxyl groups is 1. The normalized spacial score (nSPS) is 26.6. The molecule has 4 rings (SSSR count). The number of hydrogen-bond donors (Lipinski definition) is 2. The lowest BCUT2D eigenvalue weighted by molar-refractivity contribution is -0.161. The first-order chi connectivity index (χ1) is 22.2. The first-order valence-electron chi connectivity index (χ1n) is 16.8. The summed E-state index contributed by atoms with van der Waals surface area (Å²) in [5, 5.41) is 13.4. The highest BCUT2D eigenvalue weighted by atomic mass is 16.6. The molecule has 3 aliphatic rings. The third kappa shape index (κ3) is 6.93. The molecule has 2 N–H and O–H groups in total. The van der Waals surface area contributed by atoms with Gasteiger partial charge in [0.25, 0.3) is 0 Å². The molecular formula is C36H51N3O7. The second kappa shape index (κ2) is 15.9. The van der Waals surface area contributed by atoms with Gasteiger partial charge in [-0.25, -0.2) is 0 Å². The number of carbonyl (C=O) groups excluding carboxylic acids is 4. The van der Waals surface area contributed by atoms with Gasteiger partial charge in [0.2, 0.25) is 17.7 Å². The van der Waals surface area contributed by atoms with Crippen LogP contribution in [0, 0.1) is 17.8 Å². The molecule has 8 atom stereocenters. The van der Waals surface area contributed by atoms with Crippen LogP contribution in [0.15, 0.2) is 55.6 Å². The van der Waals surface area contributed by atoms with Crippen LogP contribution in [-0.4, -0.2) is 88.6 Å². The zero-order valence-corrected chi connectivity index (χ0v) is 27.6. The van der Waals surface area contributed by atoms with E-state index in [9.17, 15) is 24.3 Å². The Morgan fingerprint density at radius 3 is 2.59 bits per heavy atom. The summed E-state index contributed by atoms with van der Waals surface area (Å²) < 4.78 is 12.7. The number of carbonyl (C=O) groups is 4. The Morgan fingerprint density at radius 1 is 1.22 bits per heavy atom. The number of esters is 1. The van der Waals surface area contributed by atoms with Crippen molar-refractivity contribution in [2.45, 2.75) is 95.6 Å². The summed E-state index contributed by atoms with van der Waals surface area (Å²) in [5.41, 5.74) is -0.505. The summed E-state index contributed by atoms with van der Waals surface area (Å²) >= 11 is 0. The number of unbranched alkanes of at least 4 members (excludes halogenated alkanes) is 1. The van der Waals surface area contributed by atoms with Crippen LogP contribution in [0.2, 0.25) is 0 Å². The molecule has 46 heavy (non-hydrogen) atoms. The van der Waals surface area contributed by atoms with Gasteiger partial charge in [-0.2, -0.15) is 0 Å². The molecule has 1 aromatic carbocycles. The van der Waals surface area contributed by atoms with Crippen LogP contribution in [0.1, 0.15) is 77.4 Å². The fourth-order valence-electron chi connectivity index (χ4n) is 7.42. The average Bonchev–Trinajstić information content (AvgIpc) is 3.71. The average molecular weight is 638 g/mol. The zero-order valence-electron chi connectivity index (χ0n) is 27.6. The number of hydrogen-bond acceptors (Lipinski definition) is 7. The molecule has 10 heteroatoms. The maximum absolute atomic E-state index is 14.6. The van der Waals surface area contributed by atoms with Gasteiger partial charge in [-0.05, 0) is 37.2 Å². The van der Waals surface area contributed by atoms with Gasteiger partial charge < -0.3 is 29.7 Å². The number of aliphatic hydroxyl groups excluding tert-OH is 1. The van der Waals surface area contributed by atoms with Gasteiger partial charge in [0.1, 0.15) is 17.7 Å². The van der Waals surface area contributed by atoms with E-state index in [2.05, 4.69) is 25.4 Å². The van der Waals surface area contributed by atoms with E-state index < -0.39 is 47.7 Å². The van der Waals surface area contributed by atoms with Crippen LogP contribution in [0.3, 0.4) is 0 Å². The fourth-order valence-corrected chi connectivity index (χ4v) is 7.42. The van der Waals surface area contributed by atoms with Crippen LogP contribution in [0.4, 0.5) is 0 Å². The number of likely N-dealkylation sites (tertiary alicyclic amines) is 1. The van der Waals surface area contributed by atoms with Crippen molar-refractivity contribution in [1.29, 1.82) is 0 Å². The van der Waals surface area contributed by atoms with E-state index in [4.69, 9.17) is 9.47 Å². The SMILES string of the molecule is C=CCCC(=O)NC[C@@H](OC(=O)[C@@H]1[C@@H]2CC[C@]3(O2)[C@H](C(=O)N(CC=C)CCCC)N([C@@H](CO)[C@@H](C)CC)C(=O)[C@@H]13)c1ccccc1. The number of benzene rings is 1. The van der Waals surface area contributed by atoms with E-state index in [0.717, 1.165) is 12.8 Å². The van der Waals surface area contributed by atoms with Crippen molar-refractivity contribution in [3.63, 3.8) is 0 Å². The van der Waals surface area contributed by atoms with Gasteiger partial charge in [-0.15, -0.1) is 13.2 Å². The molecule has 3 aliphatic heterocycles. The number of nitrogens with zero attached hydrogens (tertiary/aromatic N) is 2. The van der Waals surface area contributed by atoms with Crippen molar-refractivity contribution in [1.82, 2.24) is 15.1 Å². The minimum atomic E-state index is -1.21. The Hall–Kier alpha value is -3.50. The molecule has 1 aromatic rings.